The fourth-order valence-corrected chi connectivity index (χ4v) is 2.93. The molecule has 0 unspecified atom stereocenters. The highest BCUT2D eigenvalue weighted by molar-refractivity contribution is 5.97. The lowest BCUT2D eigenvalue weighted by atomic mass is 10.1. The van der Waals surface area contributed by atoms with Gasteiger partial charge in [0.2, 0.25) is 5.91 Å². The minimum absolute atomic E-state index is 0.0327. The number of carbonyl (C=O) groups excluding carboxylic acids is 2. The summed E-state index contributed by atoms with van der Waals surface area (Å²) in [6, 6.07) is 12.7. The van der Waals surface area contributed by atoms with Gasteiger partial charge in [-0.3, -0.25) is 9.59 Å². The summed E-state index contributed by atoms with van der Waals surface area (Å²) in [6.07, 6.45) is 0.252. The maximum absolute atomic E-state index is 13.0. The van der Waals surface area contributed by atoms with Gasteiger partial charge in [0, 0.05) is 19.5 Å². The van der Waals surface area contributed by atoms with E-state index in [1.807, 2.05) is 0 Å². The van der Waals surface area contributed by atoms with Gasteiger partial charge in [-0.25, -0.2) is 4.39 Å². The predicted octanol–water partition coefficient (Wildman–Crippen LogP) is 2.37. The summed E-state index contributed by atoms with van der Waals surface area (Å²) in [7, 11) is 1.51. The van der Waals surface area contributed by atoms with E-state index in [-0.39, 0.29) is 30.1 Å². The Balaban J connectivity index is 1.62. The first-order chi connectivity index (χ1) is 12.1. The number of amides is 2. The Morgan fingerprint density at radius 2 is 1.96 bits per heavy atom. The van der Waals surface area contributed by atoms with Crippen LogP contribution in [0.1, 0.15) is 22.3 Å². The molecule has 1 atom stereocenters. The average Bonchev–Trinajstić information content (AvgIpc) is 2.96. The zero-order valence-electron chi connectivity index (χ0n) is 13.9. The number of benzene rings is 2. The third-order valence-corrected chi connectivity index (χ3v) is 4.19. The monoisotopic (exact) mass is 342 g/mol. The zero-order valence-corrected chi connectivity index (χ0v) is 13.9. The van der Waals surface area contributed by atoms with Crippen LogP contribution in [0.4, 0.5) is 4.39 Å². The first-order valence-electron chi connectivity index (χ1n) is 8.03. The van der Waals surface area contributed by atoms with Gasteiger partial charge in [-0.15, -0.1) is 0 Å². The Morgan fingerprint density at radius 3 is 2.68 bits per heavy atom. The molecule has 1 saturated heterocycles. The van der Waals surface area contributed by atoms with Crippen molar-refractivity contribution in [2.24, 2.45) is 0 Å². The van der Waals surface area contributed by atoms with Crippen molar-refractivity contribution >= 4 is 11.8 Å². The van der Waals surface area contributed by atoms with Crippen LogP contribution in [0.5, 0.6) is 5.75 Å². The number of para-hydroxylation sites is 1. The van der Waals surface area contributed by atoms with Crippen LogP contribution < -0.4 is 10.1 Å². The second-order valence-electron chi connectivity index (χ2n) is 5.98. The van der Waals surface area contributed by atoms with E-state index in [1.54, 1.807) is 41.3 Å². The van der Waals surface area contributed by atoms with Crippen LogP contribution in [-0.2, 0) is 11.3 Å². The molecule has 1 N–H and O–H groups in total. The van der Waals surface area contributed by atoms with Gasteiger partial charge >= 0.3 is 0 Å². The number of likely N-dealkylation sites (tertiary alicyclic amines) is 1. The van der Waals surface area contributed by atoms with E-state index >= 15 is 0 Å². The van der Waals surface area contributed by atoms with Gasteiger partial charge < -0.3 is 15.0 Å². The molecule has 1 aliphatic heterocycles. The number of ether oxygens (including phenoxy) is 1. The number of hydrogen-bond donors (Lipinski definition) is 1. The molecule has 0 saturated carbocycles. The molecule has 0 radical (unpaired) electrons. The zero-order chi connectivity index (χ0) is 17.8. The van der Waals surface area contributed by atoms with Crippen LogP contribution in [0.15, 0.2) is 48.5 Å². The molecule has 0 aromatic heterocycles. The van der Waals surface area contributed by atoms with Crippen molar-refractivity contribution in [2.75, 3.05) is 13.7 Å². The van der Waals surface area contributed by atoms with E-state index in [9.17, 15) is 14.0 Å². The summed E-state index contributed by atoms with van der Waals surface area (Å²) in [5, 5.41) is 2.88. The molecule has 0 aliphatic carbocycles. The van der Waals surface area contributed by atoms with Crippen molar-refractivity contribution in [3.05, 3.63) is 65.5 Å². The van der Waals surface area contributed by atoms with Crippen molar-refractivity contribution in [3.8, 4) is 5.75 Å². The van der Waals surface area contributed by atoms with Crippen LogP contribution in [0.25, 0.3) is 0 Å². The SMILES string of the molecule is COc1ccccc1C(=O)N[C@H]1CC(=O)N(Cc2ccc(F)cc2)C1. The molecule has 2 amide bonds. The normalized spacial score (nSPS) is 16.8. The van der Waals surface area contributed by atoms with Gasteiger partial charge in [-0.05, 0) is 29.8 Å². The van der Waals surface area contributed by atoms with Gasteiger partial charge in [0.15, 0.2) is 0 Å². The maximum Gasteiger partial charge on any atom is 0.255 e. The topological polar surface area (TPSA) is 58.6 Å². The molecule has 5 nitrogen and oxygen atoms in total. The van der Waals surface area contributed by atoms with Gasteiger partial charge in [-0.2, -0.15) is 0 Å². The Morgan fingerprint density at radius 1 is 1.24 bits per heavy atom. The second kappa shape index (κ2) is 7.34. The van der Waals surface area contributed by atoms with Crippen molar-refractivity contribution < 1.29 is 18.7 Å². The average molecular weight is 342 g/mol. The molecule has 0 spiro atoms. The lowest BCUT2D eigenvalue weighted by molar-refractivity contribution is -0.128. The quantitative estimate of drug-likeness (QED) is 0.907. The van der Waals surface area contributed by atoms with Crippen LogP contribution in [0, 0.1) is 5.82 Å². The van der Waals surface area contributed by atoms with Crippen molar-refractivity contribution in [1.29, 1.82) is 0 Å². The summed E-state index contributed by atoms with van der Waals surface area (Å²) in [4.78, 5) is 26.3. The molecular formula is C19H19FN2O3. The van der Waals surface area contributed by atoms with Crippen LogP contribution >= 0.6 is 0 Å². The van der Waals surface area contributed by atoms with Crippen LogP contribution in [-0.4, -0.2) is 36.4 Å². The number of nitrogens with zero attached hydrogens (tertiary/aromatic N) is 1. The van der Waals surface area contributed by atoms with Gasteiger partial charge in [0.05, 0.1) is 18.7 Å². The lowest BCUT2D eigenvalue weighted by Gasteiger charge is -2.17. The molecule has 25 heavy (non-hydrogen) atoms. The van der Waals surface area contributed by atoms with Gasteiger partial charge in [0.1, 0.15) is 11.6 Å². The molecule has 1 aliphatic rings. The highest BCUT2D eigenvalue weighted by atomic mass is 19.1. The maximum atomic E-state index is 13.0. The Labute approximate surface area is 145 Å². The first-order valence-corrected chi connectivity index (χ1v) is 8.03. The third-order valence-electron chi connectivity index (χ3n) is 4.19. The van der Waals surface area contributed by atoms with E-state index in [2.05, 4.69) is 5.32 Å². The number of carbonyl (C=O) groups is 2. The third kappa shape index (κ3) is 3.96. The summed E-state index contributed by atoms with van der Waals surface area (Å²) >= 11 is 0. The Hall–Kier alpha value is -2.89. The largest absolute Gasteiger partial charge is 0.496 e. The van der Waals surface area contributed by atoms with Crippen molar-refractivity contribution in [1.82, 2.24) is 10.2 Å². The van der Waals surface area contributed by atoms with Gasteiger partial charge in [-0.1, -0.05) is 24.3 Å². The molecule has 2 aromatic rings. The fourth-order valence-electron chi connectivity index (χ4n) is 2.93. The van der Waals surface area contributed by atoms with Crippen molar-refractivity contribution in [3.63, 3.8) is 0 Å². The number of hydrogen-bond acceptors (Lipinski definition) is 3. The Bertz CT molecular complexity index is 776. The second-order valence-corrected chi connectivity index (χ2v) is 5.98. The number of halogens is 1. The number of rotatable bonds is 5. The van der Waals surface area contributed by atoms with Crippen LogP contribution in [0.2, 0.25) is 0 Å². The van der Waals surface area contributed by atoms with Gasteiger partial charge in [0.25, 0.3) is 5.91 Å². The standard InChI is InChI=1S/C19H19FN2O3/c1-25-17-5-3-2-4-16(17)19(24)21-15-10-18(23)22(12-15)11-13-6-8-14(20)9-7-13/h2-9,15H,10-12H2,1H3,(H,21,24)/t15-/m0/s1. The van der Waals surface area contributed by atoms with E-state index in [4.69, 9.17) is 4.74 Å². The highest BCUT2D eigenvalue weighted by Gasteiger charge is 2.31. The highest BCUT2D eigenvalue weighted by Crippen LogP contribution is 2.19. The van der Waals surface area contributed by atoms with Crippen molar-refractivity contribution in [2.45, 2.75) is 19.0 Å². The van der Waals surface area contributed by atoms with E-state index in [1.165, 1.54) is 19.2 Å². The number of nitrogens with one attached hydrogen (secondary N) is 1. The molecule has 3 rings (SSSR count). The molecule has 1 fully saturated rings. The van der Waals surface area contributed by atoms with E-state index in [0.717, 1.165) is 5.56 Å². The summed E-state index contributed by atoms with van der Waals surface area (Å²) in [5.41, 5.74) is 1.29. The molecule has 0 bridgehead atoms. The molecule has 6 heteroatoms. The molecule has 130 valence electrons. The fraction of sp³-hybridized carbons (Fsp3) is 0.263. The number of methoxy groups -OCH3 is 1. The van der Waals surface area contributed by atoms with Crippen LogP contribution in [0.3, 0.4) is 0 Å². The lowest BCUT2D eigenvalue weighted by Crippen LogP contribution is -2.37. The summed E-state index contributed by atoms with van der Waals surface area (Å²) in [6.45, 7) is 0.831. The molecular weight excluding hydrogens is 323 g/mol. The molecule has 2 aromatic carbocycles. The predicted molar refractivity (Wildman–Crippen MR) is 90.7 cm³/mol. The Kier molecular flexibility index (Phi) is 4.97. The minimum atomic E-state index is -0.307. The first kappa shape index (κ1) is 17.0. The van der Waals surface area contributed by atoms with E-state index in [0.29, 0.717) is 24.4 Å². The summed E-state index contributed by atoms with van der Waals surface area (Å²) in [5.74, 6) is -0.112. The summed E-state index contributed by atoms with van der Waals surface area (Å²) < 4.78 is 18.2. The minimum Gasteiger partial charge on any atom is -0.496 e. The smallest absolute Gasteiger partial charge is 0.255 e. The molecule has 1 heterocycles. The van der Waals surface area contributed by atoms with E-state index < -0.39 is 0 Å².